The van der Waals surface area contributed by atoms with Crippen LogP contribution in [0.2, 0.25) is 0 Å². The lowest BCUT2D eigenvalue weighted by Crippen LogP contribution is -2.50. The molecular formula is C16H23N5O5S. The molecule has 27 heavy (non-hydrogen) atoms. The Bertz CT molecular complexity index is 712. The molecule has 10 nitrogen and oxygen atoms in total. The normalized spacial score (nSPS) is 11.4. The molecule has 0 spiro atoms. The molecule has 3 amide bonds. The van der Waals surface area contributed by atoms with Gasteiger partial charge in [-0.2, -0.15) is 4.83 Å². The van der Waals surface area contributed by atoms with E-state index in [4.69, 9.17) is 0 Å². The third kappa shape index (κ3) is 7.23. The molecule has 1 aromatic carbocycles. The maximum absolute atomic E-state index is 12.6. The Labute approximate surface area is 161 Å². The molecule has 0 radical (unpaired) electrons. The zero-order valence-corrected chi connectivity index (χ0v) is 16.4. The van der Waals surface area contributed by atoms with Crippen molar-refractivity contribution in [3.8, 4) is 0 Å². The van der Waals surface area contributed by atoms with E-state index in [2.05, 4.69) is 10.1 Å². The molecule has 0 bridgehead atoms. The number of nitro benzene ring substituents is 1. The van der Waals surface area contributed by atoms with Gasteiger partial charge in [-0.1, -0.05) is 12.1 Å². The molecule has 11 heteroatoms. The van der Waals surface area contributed by atoms with Gasteiger partial charge in [-0.05, 0) is 24.9 Å². The van der Waals surface area contributed by atoms with Gasteiger partial charge in [0.05, 0.1) is 4.92 Å². The summed E-state index contributed by atoms with van der Waals surface area (Å²) in [4.78, 5) is 50.6. The summed E-state index contributed by atoms with van der Waals surface area (Å²) in [6.07, 6.45) is 0.0516. The molecule has 0 saturated carbocycles. The Morgan fingerprint density at radius 1 is 1.26 bits per heavy atom. The summed E-state index contributed by atoms with van der Waals surface area (Å²) < 4.78 is 0. The molecule has 0 saturated heterocycles. The highest BCUT2D eigenvalue weighted by Crippen LogP contribution is 2.26. The number of hydrazine groups is 1. The van der Waals surface area contributed by atoms with Crippen molar-refractivity contribution in [3.05, 3.63) is 34.4 Å². The van der Waals surface area contributed by atoms with E-state index in [1.807, 2.05) is 0 Å². The first-order chi connectivity index (χ1) is 12.6. The fourth-order valence-corrected chi connectivity index (χ4v) is 2.81. The van der Waals surface area contributed by atoms with Crippen LogP contribution < -0.4 is 10.1 Å². The lowest BCUT2D eigenvalue weighted by molar-refractivity contribution is -0.387. The van der Waals surface area contributed by atoms with E-state index in [0.29, 0.717) is 4.90 Å². The average molecular weight is 397 g/mol. The molecule has 0 aliphatic carbocycles. The second kappa shape index (κ2) is 10.5. The topological polar surface area (TPSA) is 125 Å². The van der Waals surface area contributed by atoms with Crippen molar-refractivity contribution in [2.45, 2.75) is 31.2 Å². The third-order valence-corrected chi connectivity index (χ3v) is 4.31. The van der Waals surface area contributed by atoms with Crippen LogP contribution in [0.15, 0.2) is 29.2 Å². The number of nitrogens with zero attached hydrogens (tertiary/aromatic N) is 3. The van der Waals surface area contributed by atoms with E-state index in [1.165, 1.54) is 29.8 Å². The van der Waals surface area contributed by atoms with Gasteiger partial charge < -0.3 is 10.2 Å². The van der Waals surface area contributed by atoms with Crippen molar-refractivity contribution in [2.24, 2.45) is 0 Å². The Morgan fingerprint density at radius 3 is 2.44 bits per heavy atom. The number of carbonyl (C=O) groups excluding carboxylic acids is 3. The third-order valence-electron chi connectivity index (χ3n) is 3.43. The lowest BCUT2D eigenvalue weighted by Gasteiger charge is -2.26. The monoisotopic (exact) mass is 397 g/mol. The van der Waals surface area contributed by atoms with Crippen molar-refractivity contribution in [1.82, 2.24) is 20.1 Å². The van der Waals surface area contributed by atoms with Crippen molar-refractivity contribution < 1.29 is 19.3 Å². The van der Waals surface area contributed by atoms with Crippen LogP contribution in [0.25, 0.3) is 0 Å². The van der Waals surface area contributed by atoms with Gasteiger partial charge in [0.2, 0.25) is 11.8 Å². The summed E-state index contributed by atoms with van der Waals surface area (Å²) in [5.41, 5.74) is -0.110. The van der Waals surface area contributed by atoms with Crippen LogP contribution in [0.5, 0.6) is 0 Å². The number of para-hydroxylation sites is 1. The van der Waals surface area contributed by atoms with E-state index in [0.717, 1.165) is 11.9 Å². The van der Waals surface area contributed by atoms with E-state index < -0.39 is 16.9 Å². The Morgan fingerprint density at radius 2 is 1.89 bits per heavy atom. The summed E-state index contributed by atoms with van der Waals surface area (Å²) in [5.74, 6) is -1.02. The minimum atomic E-state index is -0.823. The van der Waals surface area contributed by atoms with E-state index in [1.54, 1.807) is 32.3 Å². The molecule has 0 aliphatic heterocycles. The van der Waals surface area contributed by atoms with Gasteiger partial charge in [-0.25, -0.2) is 0 Å². The fraction of sp³-hybridized carbons (Fsp3) is 0.438. The highest BCUT2D eigenvalue weighted by Gasteiger charge is 2.23. The van der Waals surface area contributed by atoms with Crippen molar-refractivity contribution in [1.29, 1.82) is 0 Å². The summed E-state index contributed by atoms with van der Waals surface area (Å²) in [5, 5.41) is 14.8. The van der Waals surface area contributed by atoms with E-state index >= 15 is 0 Å². The zero-order chi connectivity index (χ0) is 20.6. The molecular weight excluding hydrogens is 374 g/mol. The molecule has 0 fully saturated rings. The molecule has 0 heterocycles. The number of nitro groups is 1. The number of hydrogen-bond donors (Lipinski definition) is 2. The maximum Gasteiger partial charge on any atom is 0.284 e. The first kappa shape index (κ1) is 22.4. The number of carbonyl (C=O) groups is 3. The first-order valence-corrected chi connectivity index (χ1v) is 8.89. The molecule has 0 aliphatic rings. The van der Waals surface area contributed by atoms with Crippen LogP contribution in [-0.4, -0.2) is 59.2 Å². The van der Waals surface area contributed by atoms with Gasteiger partial charge in [0.25, 0.3) is 11.6 Å². The van der Waals surface area contributed by atoms with Crippen molar-refractivity contribution in [2.75, 3.05) is 20.6 Å². The highest BCUT2D eigenvalue weighted by molar-refractivity contribution is 7.97. The van der Waals surface area contributed by atoms with Gasteiger partial charge in [-0.15, -0.1) is 0 Å². The Hall–Kier alpha value is -2.66. The second-order valence-corrected chi connectivity index (χ2v) is 6.69. The van der Waals surface area contributed by atoms with Crippen LogP contribution >= 0.6 is 11.9 Å². The van der Waals surface area contributed by atoms with Crippen LogP contribution in [-0.2, 0) is 14.4 Å². The summed E-state index contributed by atoms with van der Waals surface area (Å²) >= 11 is 0.884. The maximum atomic E-state index is 12.6. The molecule has 1 aromatic rings. The smallest absolute Gasteiger partial charge is 0.284 e. The van der Waals surface area contributed by atoms with Gasteiger partial charge in [0, 0.05) is 40.1 Å². The Balaban J connectivity index is 2.90. The molecule has 1 rings (SSSR count). The van der Waals surface area contributed by atoms with Crippen LogP contribution in [0.1, 0.15) is 20.3 Å². The fourth-order valence-electron chi connectivity index (χ4n) is 2.03. The number of benzene rings is 1. The zero-order valence-electron chi connectivity index (χ0n) is 15.6. The van der Waals surface area contributed by atoms with E-state index in [9.17, 15) is 24.5 Å². The highest BCUT2D eigenvalue weighted by atomic mass is 32.2. The summed E-state index contributed by atoms with van der Waals surface area (Å²) in [6.45, 7) is 2.84. The molecule has 1 atom stereocenters. The Kier molecular flexibility index (Phi) is 8.69. The van der Waals surface area contributed by atoms with Crippen LogP contribution in [0.4, 0.5) is 5.69 Å². The molecule has 0 aromatic heterocycles. The minimum absolute atomic E-state index is 0.0351. The van der Waals surface area contributed by atoms with Gasteiger partial charge >= 0.3 is 0 Å². The van der Waals surface area contributed by atoms with Crippen molar-refractivity contribution >= 4 is 35.4 Å². The number of amides is 3. The first-order valence-electron chi connectivity index (χ1n) is 8.08. The van der Waals surface area contributed by atoms with Gasteiger partial charge in [-0.3, -0.25) is 29.5 Å². The predicted molar refractivity (Wildman–Crippen MR) is 100 cm³/mol. The molecule has 2 N–H and O–H groups in total. The average Bonchev–Trinajstić information content (AvgIpc) is 2.60. The minimum Gasteiger partial charge on any atom is -0.349 e. The molecule has 148 valence electrons. The predicted octanol–water partition coefficient (Wildman–Crippen LogP) is 0.938. The second-order valence-electron chi connectivity index (χ2n) is 5.87. The standard InChI is InChI=1S/C16H23N5O5S/c1-11(17-12(2)22)16(24)20(10-9-15(23)19(3)4)18-27-14-8-6-5-7-13(14)21(25)26/h5-8,11,18H,9-10H2,1-4H3,(H,17,22)/t11-/m1/s1. The number of rotatable bonds is 9. The SMILES string of the molecule is CC(=O)N[C@H](C)C(=O)N(CCC(=O)N(C)C)NSc1ccccc1[N+](=O)[O-]. The quantitative estimate of drug-likeness (QED) is 0.361. The van der Waals surface area contributed by atoms with E-state index in [-0.39, 0.29) is 30.5 Å². The van der Waals surface area contributed by atoms with Gasteiger partial charge in [0.15, 0.2) is 0 Å². The largest absolute Gasteiger partial charge is 0.349 e. The summed E-state index contributed by atoms with van der Waals surface area (Å²) in [7, 11) is 3.20. The van der Waals surface area contributed by atoms with Crippen LogP contribution in [0, 0.1) is 10.1 Å². The lowest BCUT2D eigenvalue weighted by atomic mass is 10.3. The number of nitrogens with one attached hydrogen (secondary N) is 2. The van der Waals surface area contributed by atoms with Crippen molar-refractivity contribution in [3.63, 3.8) is 0 Å². The van der Waals surface area contributed by atoms with Gasteiger partial charge in [0.1, 0.15) is 10.9 Å². The molecule has 0 unspecified atom stereocenters. The number of hydrogen-bond acceptors (Lipinski definition) is 7. The summed E-state index contributed by atoms with van der Waals surface area (Å²) in [6, 6.07) is 5.25. The van der Waals surface area contributed by atoms with Crippen LogP contribution in [0.3, 0.4) is 0 Å².